The lowest BCUT2D eigenvalue weighted by molar-refractivity contribution is -0.380. The molecular weight excluding hydrogens is 342 g/mol. The summed E-state index contributed by atoms with van der Waals surface area (Å²) in [7, 11) is 0. The first-order valence-electron chi connectivity index (χ1n) is 6.01. The second kappa shape index (κ2) is 6.38. The maximum absolute atomic E-state index is 10.7. The highest BCUT2D eigenvalue weighted by Crippen LogP contribution is 2.27. The average molecular weight is 351 g/mol. The minimum absolute atomic E-state index is 0.0915. The summed E-state index contributed by atoms with van der Waals surface area (Å²) in [6, 6.07) is 7.01. The van der Waals surface area contributed by atoms with Crippen LogP contribution in [0, 0.1) is 10.1 Å². The van der Waals surface area contributed by atoms with Gasteiger partial charge in [-0.25, -0.2) is 0 Å². The van der Waals surface area contributed by atoms with Gasteiger partial charge in [-0.2, -0.15) is 9.78 Å². The van der Waals surface area contributed by atoms with Crippen molar-refractivity contribution < 1.29 is 4.92 Å². The van der Waals surface area contributed by atoms with E-state index in [2.05, 4.69) is 15.3 Å². The van der Waals surface area contributed by atoms with Crippen LogP contribution in [-0.2, 0) is 0 Å². The molecule has 0 atom stereocenters. The Balaban J connectivity index is 1.95. The molecule has 0 saturated carbocycles. The van der Waals surface area contributed by atoms with Gasteiger partial charge in [0.2, 0.25) is 5.16 Å². The van der Waals surface area contributed by atoms with Crippen molar-refractivity contribution in [3.63, 3.8) is 0 Å². The molecule has 22 heavy (non-hydrogen) atoms. The molecule has 0 amide bonds. The molecule has 0 fully saturated rings. The van der Waals surface area contributed by atoms with Gasteiger partial charge in [-0.3, -0.25) is 10.1 Å². The van der Waals surface area contributed by atoms with Crippen molar-refractivity contribution in [1.82, 2.24) is 14.9 Å². The van der Waals surface area contributed by atoms with Crippen molar-refractivity contribution in [1.29, 1.82) is 0 Å². The van der Waals surface area contributed by atoms with Crippen molar-refractivity contribution in [2.24, 2.45) is 5.10 Å². The zero-order valence-electron chi connectivity index (χ0n) is 11.2. The monoisotopic (exact) mass is 351 g/mol. The Labute approximate surface area is 137 Å². The Bertz CT molecular complexity index is 822. The summed E-state index contributed by atoms with van der Waals surface area (Å²) >= 11 is 4.06. The molecule has 112 valence electrons. The predicted molar refractivity (Wildman–Crippen MR) is 89.1 cm³/mol. The summed E-state index contributed by atoms with van der Waals surface area (Å²) < 4.78 is 1.64. The molecule has 0 aliphatic rings. The molecule has 3 aromatic rings. The van der Waals surface area contributed by atoms with Gasteiger partial charge in [-0.15, -0.1) is 21.5 Å². The summed E-state index contributed by atoms with van der Waals surface area (Å²) in [5.41, 5.74) is 0. The van der Waals surface area contributed by atoms with Gasteiger partial charge in [0.05, 0.1) is 20.9 Å². The predicted octanol–water partition coefficient (Wildman–Crippen LogP) is 3.58. The van der Waals surface area contributed by atoms with Gasteiger partial charge in [0.25, 0.3) is 0 Å². The lowest BCUT2D eigenvalue weighted by Crippen LogP contribution is -1.94. The molecule has 7 nitrogen and oxygen atoms in total. The number of hydrogen-bond acceptors (Lipinski definition) is 8. The SMILES string of the molecule is CSc1nnc(-c2cccs2)n1/N=C/c1ccc([N+](=O)[O-])s1. The Morgan fingerprint density at radius 2 is 2.27 bits per heavy atom. The molecule has 3 aromatic heterocycles. The molecule has 3 heterocycles. The quantitative estimate of drug-likeness (QED) is 0.303. The van der Waals surface area contributed by atoms with Gasteiger partial charge < -0.3 is 0 Å². The maximum Gasteiger partial charge on any atom is 0.324 e. The highest BCUT2D eigenvalue weighted by atomic mass is 32.2. The Kier molecular flexibility index (Phi) is 4.32. The van der Waals surface area contributed by atoms with E-state index in [-0.39, 0.29) is 5.00 Å². The standard InChI is InChI=1S/C12H9N5O2S3/c1-20-12-15-14-11(9-3-2-6-21-9)16(12)13-7-8-4-5-10(22-8)17(18)19/h2-7H,1H3/b13-7+. The zero-order chi connectivity index (χ0) is 15.5. The van der Waals surface area contributed by atoms with Crippen molar-refractivity contribution >= 4 is 45.7 Å². The Morgan fingerprint density at radius 3 is 2.91 bits per heavy atom. The summed E-state index contributed by atoms with van der Waals surface area (Å²) in [5, 5.41) is 26.0. The van der Waals surface area contributed by atoms with Crippen molar-refractivity contribution in [3.05, 3.63) is 44.6 Å². The number of thioether (sulfide) groups is 1. The molecule has 0 N–H and O–H groups in total. The van der Waals surface area contributed by atoms with Crippen molar-refractivity contribution in [2.75, 3.05) is 6.26 Å². The van der Waals surface area contributed by atoms with Crippen LogP contribution in [-0.4, -0.2) is 32.3 Å². The molecule has 3 rings (SSSR count). The smallest absolute Gasteiger partial charge is 0.258 e. The van der Waals surface area contributed by atoms with E-state index >= 15 is 0 Å². The number of nitro groups is 1. The number of rotatable bonds is 5. The third-order valence-corrected chi connectivity index (χ3v) is 5.09. The second-order valence-electron chi connectivity index (χ2n) is 3.98. The summed E-state index contributed by atoms with van der Waals surface area (Å²) in [5.74, 6) is 0.654. The molecule has 0 radical (unpaired) electrons. The molecule has 0 aliphatic carbocycles. The van der Waals surface area contributed by atoms with Crippen LogP contribution in [0.4, 0.5) is 5.00 Å². The van der Waals surface area contributed by atoms with E-state index < -0.39 is 4.92 Å². The first-order chi connectivity index (χ1) is 10.7. The lowest BCUT2D eigenvalue weighted by Gasteiger charge is -2.00. The van der Waals surface area contributed by atoms with Crippen LogP contribution >= 0.6 is 34.4 Å². The highest BCUT2D eigenvalue weighted by Gasteiger charge is 2.14. The molecule has 0 aromatic carbocycles. The Hall–Kier alpha value is -2.04. The molecule has 0 saturated heterocycles. The molecule has 0 unspecified atom stereocenters. The van der Waals surface area contributed by atoms with Crippen LogP contribution < -0.4 is 0 Å². The van der Waals surface area contributed by atoms with E-state index in [0.29, 0.717) is 15.9 Å². The lowest BCUT2D eigenvalue weighted by atomic mass is 10.4. The number of nitrogens with zero attached hydrogens (tertiary/aromatic N) is 5. The number of hydrogen-bond donors (Lipinski definition) is 0. The summed E-state index contributed by atoms with van der Waals surface area (Å²) in [6.07, 6.45) is 3.47. The van der Waals surface area contributed by atoms with Crippen LogP contribution in [0.5, 0.6) is 0 Å². The van der Waals surface area contributed by atoms with E-state index in [9.17, 15) is 10.1 Å². The van der Waals surface area contributed by atoms with Gasteiger partial charge in [-0.1, -0.05) is 29.2 Å². The number of thiophene rings is 2. The number of aromatic nitrogens is 3. The normalized spacial score (nSPS) is 11.3. The van der Waals surface area contributed by atoms with Crippen LogP contribution in [0.2, 0.25) is 0 Å². The summed E-state index contributed by atoms with van der Waals surface area (Å²) in [6.45, 7) is 0. The zero-order valence-corrected chi connectivity index (χ0v) is 13.7. The largest absolute Gasteiger partial charge is 0.324 e. The van der Waals surface area contributed by atoms with Crippen molar-refractivity contribution in [2.45, 2.75) is 5.16 Å². The van der Waals surface area contributed by atoms with Gasteiger partial charge in [0.1, 0.15) is 0 Å². The molecule has 0 spiro atoms. The maximum atomic E-state index is 10.7. The minimum atomic E-state index is -0.412. The molecule has 10 heteroatoms. The fraction of sp³-hybridized carbons (Fsp3) is 0.0833. The van der Waals surface area contributed by atoms with Crippen LogP contribution in [0.25, 0.3) is 10.7 Å². The van der Waals surface area contributed by atoms with Crippen molar-refractivity contribution in [3.8, 4) is 10.7 Å². The second-order valence-corrected chi connectivity index (χ2v) is 6.79. The Morgan fingerprint density at radius 1 is 1.41 bits per heavy atom. The third-order valence-electron chi connectivity index (χ3n) is 2.63. The van der Waals surface area contributed by atoms with Gasteiger partial charge >= 0.3 is 5.00 Å². The fourth-order valence-corrected chi connectivity index (χ4v) is 3.49. The average Bonchev–Trinajstić information content (AvgIpc) is 3.24. The highest BCUT2D eigenvalue weighted by molar-refractivity contribution is 7.98. The van der Waals surface area contributed by atoms with Gasteiger partial charge in [-0.05, 0) is 23.8 Å². The van der Waals surface area contributed by atoms with E-state index in [1.165, 1.54) is 17.8 Å². The fourth-order valence-electron chi connectivity index (χ4n) is 1.68. The first-order valence-corrected chi connectivity index (χ1v) is 8.93. The van der Waals surface area contributed by atoms with E-state index in [0.717, 1.165) is 16.2 Å². The van der Waals surface area contributed by atoms with Gasteiger partial charge in [0.15, 0.2) is 5.82 Å². The van der Waals surface area contributed by atoms with Crippen LogP contribution in [0.1, 0.15) is 4.88 Å². The van der Waals surface area contributed by atoms with E-state index in [1.807, 2.05) is 23.8 Å². The van der Waals surface area contributed by atoms with E-state index in [4.69, 9.17) is 0 Å². The minimum Gasteiger partial charge on any atom is -0.258 e. The molecule has 0 bridgehead atoms. The first kappa shape index (κ1) is 14.9. The van der Waals surface area contributed by atoms with Gasteiger partial charge in [0, 0.05) is 6.07 Å². The van der Waals surface area contributed by atoms with Crippen LogP contribution in [0.15, 0.2) is 39.9 Å². The van der Waals surface area contributed by atoms with E-state index in [1.54, 1.807) is 28.3 Å². The molecular formula is C12H9N5O2S3. The third kappa shape index (κ3) is 2.93. The summed E-state index contributed by atoms with van der Waals surface area (Å²) in [4.78, 5) is 11.9. The topological polar surface area (TPSA) is 86.2 Å². The van der Waals surface area contributed by atoms with Crippen LogP contribution in [0.3, 0.4) is 0 Å². The molecule has 0 aliphatic heterocycles.